The molecule has 0 saturated heterocycles. The Bertz CT molecular complexity index is 479. The number of ether oxygens (including phenoxy) is 1. The van der Waals surface area contributed by atoms with Crippen LogP contribution in [0.1, 0.15) is 53.6 Å². The molecule has 0 aliphatic heterocycles. The number of amides is 1. The molecule has 1 N–H and O–H groups in total. The zero-order valence-corrected chi connectivity index (χ0v) is 11.2. The molecule has 7 nitrogen and oxygen atoms in total. The van der Waals surface area contributed by atoms with Gasteiger partial charge in [-0.2, -0.15) is 0 Å². The molecule has 0 spiro atoms. The van der Waals surface area contributed by atoms with E-state index in [1.54, 1.807) is 0 Å². The SMILES string of the molecule is CCCCn1nnc(C(=O)NC2CC2)c1C(=O)OC. The maximum absolute atomic E-state index is 12.0. The molecular weight excluding hydrogens is 248 g/mol. The zero-order valence-electron chi connectivity index (χ0n) is 11.2. The number of hydrogen-bond donors (Lipinski definition) is 1. The van der Waals surface area contributed by atoms with Crippen LogP contribution in [-0.2, 0) is 11.3 Å². The van der Waals surface area contributed by atoms with Crippen molar-refractivity contribution in [3.8, 4) is 0 Å². The highest BCUT2D eigenvalue weighted by molar-refractivity contribution is 6.02. The van der Waals surface area contributed by atoms with Crippen LogP contribution in [0.2, 0.25) is 0 Å². The zero-order chi connectivity index (χ0) is 13.8. The molecule has 7 heteroatoms. The third-order valence-electron chi connectivity index (χ3n) is 2.96. The van der Waals surface area contributed by atoms with E-state index < -0.39 is 5.97 Å². The molecule has 0 bridgehead atoms. The van der Waals surface area contributed by atoms with Gasteiger partial charge in [-0.15, -0.1) is 5.10 Å². The maximum atomic E-state index is 12.0. The number of aryl methyl sites for hydroxylation is 1. The number of nitrogens with one attached hydrogen (secondary N) is 1. The van der Waals surface area contributed by atoms with E-state index >= 15 is 0 Å². The van der Waals surface area contributed by atoms with Gasteiger partial charge in [-0.25, -0.2) is 9.48 Å². The van der Waals surface area contributed by atoms with Crippen molar-refractivity contribution in [2.24, 2.45) is 0 Å². The summed E-state index contributed by atoms with van der Waals surface area (Å²) in [6.07, 6.45) is 3.77. The number of nitrogens with zero attached hydrogens (tertiary/aromatic N) is 3. The first-order valence-corrected chi connectivity index (χ1v) is 6.50. The van der Waals surface area contributed by atoms with E-state index in [1.807, 2.05) is 6.92 Å². The Kier molecular flexibility index (Phi) is 4.13. The van der Waals surface area contributed by atoms with E-state index in [-0.39, 0.29) is 23.3 Å². The molecule has 19 heavy (non-hydrogen) atoms. The fraction of sp³-hybridized carbons (Fsp3) is 0.667. The highest BCUT2D eigenvalue weighted by atomic mass is 16.5. The Morgan fingerprint density at radius 1 is 1.47 bits per heavy atom. The van der Waals surface area contributed by atoms with E-state index in [2.05, 4.69) is 15.6 Å². The largest absolute Gasteiger partial charge is 0.464 e. The van der Waals surface area contributed by atoms with Crippen molar-refractivity contribution in [1.29, 1.82) is 0 Å². The molecule has 104 valence electrons. The topological polar surface area (TPSA) is 86.1 Å². The van der Waals surface area contributed by atoms with Crippen molar-refractivity contribution in [3.63, 3.8) is 0 Å². The molecule has 1 heterocycles. The Balaban J connectivity index is 2.22. The van der Waals surface area contributed by atoms with Crippen molar-refractivity contribution in [1.82, 2.24) is 20.3 Å². The first-order valence-electron chi connectivity index (χ1n) is 6.50. The lowest BCUT2D eigenvalue weighted by Gasteiger charge is -2.05. The van der Waals surface area contributed by atoms with Crippen LogP contribution < -0.4 is 5.32 Å². The van der Waals surface area contributed by atoms with Crippen LogP contribution in [0.3, 0.4) is 0 Å². The van der Waals surface area contributed by atoms with Crippen LogP contribution in [0.5, 0.6) is 0 Å². The summed E-state index contributed by atoms with van der Waals surface area (Å²) in [7, 11) is 1.28. The lowest BCUT2D eigenvalue weighted by Crippen LogP contribution is -2.28. The van der Waals surface area contributed by atoms with Gasteiger partial charge in [-0.3, -0.25) is 4.79 Å². The highest BCUT2D eigenvalue weighted by Gasteiger charge is 2.30. The molecular formula is C12H18N4O3. The molecule has 1 aliphatic rings. The van der Waals surface area contributed by atoms with Crippen LogP contribution in [-0.4, -0.2) is 40.0 Å². The molecule has 1 aliphatic carbocycles. The second kappa shape index (κ2) is 5.81. The second-order valence-electron chi connectivity index (χ2n) is 4.60. The summed E-state index contributed by atoms with van der Waals surface area (Å²) in [6, 6.07) is 0.207. The number of aromatic nitrogens is 3. The molecule has 2 rings (SSSR count). The average Bonchev–Trinajstić information content (AvgIpc) is 3.12. The minimum atomic E-state index is -0.581. The minimum absolute atomic E-state index is 0.0508. The van der Waals surface area contributed by atoms with Crippen LogP contribution in [0.15, 0.2) is 0 Å². The third-order valence-corrected chi connectivity index (χ3v) is 2.96. The van der Waals surface area contributed by atoms with E-state index in [9.17, 15) is 9.59 Å². The van der Waals surface area contributed by atoms with Gasteiger partial charge in [0.1, 0.15) is 0 Å². The van der Waals surface area contributed by atoms with Gasteiger partial charge in [0.15, 0.2) is 11.4 Å². The Labute approximate surface area is 111 Å². The standard InChI is InChI=1S/C12H18N4O3/c1-3-4-7-16-10(12(18)19-2)9(14-15-16)11(17)13-8-5-6-8/h8H,3-7H2,1-2H3,(H,13,17). The van der Waals surface area contributed by atoms with Crippen molar-refractivity contribution >= 4 is 11.9 Å². The fourth-order valence-corrected chi connectivity index (χ4v) is 1.71. The van der Waals surface area contributed by atoms with Crippen LogP contribution >= 0.6 is 0 Å². The summed E-state index contributed by atoms with van der Waals surface area (Å²) in [5, 5.41) is 10.5. The molecule has 1 fully saturated rings. The van der Waals surface area contributed by atoms with Crippen molar-refractivity contribution < 1.29 is 14.3 Å². The van der Waals surface area contributed by atoms with Crippen molar-refractivity contribution in [2.45, 2.75) is 45.2 Å². The maximum Gasteiger partial charge on any atom is 0.358 e. The summed E-state index contributed by atoms with van der Waals surface area (Å²) in [5.41, 5.74) is 0.184. The quantitative estimate of drug-likeness (QED) is 0.768. The number of methoxy groups -OCH3 is 1. The normalized spacial score (nSPS) is 14.2. The highest BCUT2D eigenvalue weighted by Crippen LogP contribution is 2.19. The summed E-state index contributed by atoms with van der Waals surface area (Å²) < 4.78 is 6.15. The summed E-state index contributed by atoms with van der Waals surface area (Å²) in [5.74, 6) is -0.937. The van der Waals surface area contributed by atoms with E-state index in [0.717, 1.165) is 25.7 Å². The van der Waals surface area contributed by atoms with Crippen LogP contribution in [0.4, 0.5) is 0 Å². The van der Waals surface area contributed by atoms with Crippen LogP contribution in [0.25, 0.3) is 0 Å². The number of rotatable bonds is 6. The molecule has 0 atom stereocenters. The minimum Gasteiger partial charge on any atom is -0.464 e. The predicted octanol–water partition coefficient (Wildman–Crippen LogP) is 0.757. The van der Waals surface area contributed by atoms with Crippen LogP contribution in [0, 0.1) is 0 Å². The first-order chi connectivity index (χ1) is 9.17. The second-order valence-corrected chi connectivity index (χ2v) is 4.60. The number of unbranched alkanes of at least 4 members (excludes halogenated alkanes) is 1. The van der Waals surface area contributed by atoms with Gasteiger partial charge < -0.3 is 10.1 Å². The van der Waals surface area contributed by atoms with Gasteiger partial charge in [-0.1, -0.05) is 18.6 Å². The number of esters is 1. The summed E-state index contributed by atoms with van der Waals surface area (Å²) in [4.78, 5) is 23.8. The van der Waals surface area contributed by atoms with E-state index in [0.29, 0.717) is 6.54 Å². The molecule has 1 amide bonds. The van der Waals surface area contributed by atoms with Gasteiger partial charge in [0, 0.05) is 12.6 Å². The predicted molar refractivity (Wildman–Crippen MR) is 66.8 cm³/mol. The Hall–Kier alpha value is -1.92. The molecule has 0 radical (unpaired) electrons. The van der Waals surface area contributed by atoms with Gasteiger partial charge in [-0.05, 0) is 19.3 Å². The van der Waals surface area contributed by atoms with Gasteiger partial charge in [0.05, 0.1) is 7.11 Å². The Morgan fingerprint density at radius 3 is 2.79 bits per heavy atom. The lowest BCUT2D eigenvalue weighted by atomic mass is 10.2. The number of carbonyl (C=O) groups excluding carboxylic acids is 2. The third kappa shape index (κ3) is 3.10. The fourth-order valence-electron chi connectivity index (χ4n) is 1.71. The summed E-state index contributed by atoms with van der Waals surface area (Å²) in [6.45, 7) is 2.58. The lowest BCUT2D eigenvalue weighted by molar-refractivity contribution is 0.0581. The smallest absolute Gasteiger partial charge is 0.358 e. The van der Waals surface area contributed by atoms with Gasteiger partial charge in [0.25, 0.3) is 5.91 Å². The van der Waals surface area contributed by atoms with Crippen molar-refractivity contribution in [3.05, 3.63) is 11.4 Å². The molecule has 0 aromatic carbocycles. The van der Waals surface area contributed by atoms with E-state index in [4.69, 9.17) is 4.74 Å². The molecule has 0 unspecified atom stereocenters. The Morgan fingerprint density at radius 2 is 2.21 bits per heavy atom. The molecule has 1 aromatic heterocycles. The van der Waals surface area contributed by atoms with Gasteiger partial charge >= 0.3 is 5.97 Å². The monoisotopic (exact) mass is 266 g/mol. The van der Waals surface area contributed by atoms with Gasteiger partial charge in [0.2, 0.25) is 0 Å². The molecule has 1 saturated carbocycles. The first kappa shape index (κ1) is 13.5. The number of carbonyl (C=O) groups is 2. The number of hydrogen-bond acceptors (Lipinski definition) is 5. The van der Waals surface area contributed by atoms with E-state index in [1.165, 1.54) is 11.8 Å². The summed E-state index contributed by atoms with van der Waals surface area (Å²) >= 11 is 0. The molecule has 1 aromatic rings. The average molecular weight is 266 g/mol. The van der Waals surface area contributed by atoms with Crippen molar-refractivity contribution in [2.75, 3.05) is 7.11 Å².